The zero-order valence-corrected chi connectivity index (χ0v) is 11.9. The lowest BCUT2D eigenvalue weighted by molar-refractivity contribution is -0.0504. The summed E-state index contributed by atoms with van der Waals surface area (Å²) < 4.78 is 34.4. The van der Waals surface area contributed by atoms with Gasteiger partial charge in [-0.15, -0.1) is 0 Å². The molecule has 0 fully saturated rings. The molecule has 0 bridgehead atoms. The Morgan fingerprint density at radius 2 is 1.86 bits per heavy atom. The van der Waals surface area contributed by atoms with Crippen LogP contribution in [0.25, 0.3) is 0 Å². The predicted molar refractivity (Wildman–Crippen MR) is 78.1 cm³/mol. The molecule has 0 aromatic heterocycles. The first-order valence-corrected chi connectivity index (χ1v) is 6.51. The molecule has 0 spiro atoms. The molecule has 1 N–H and O–H groups in total. The summed E-state index contributed by atoms with van der Waals surface area (Å²) in [6.45, 7) is -0.485. The van der Waals surface area contributed by atoms with Crippen molar-refractivity contribution in [3.8, 4) is 11.5 Å². The van der Waals surface area contributed by atoms with Crippen LogP contribution in [0.1, 0.15) is 11.1 Å². The van der Waals surface area contributed by atoms with Gasteiger partial charge in [0, 0.05) is 17.8 Å². The Morgan fingerprint density at radius 1 is 1.10 bits per heavy atom. The van der Waals surface area contributed by atoms with E-state index in [0.717, 1.165) is 17.0 Å². The Bertz CT molecular complexity index is 603. The number of ether oxygens (including phenoxy) is 2. The van der Waals surface area contributed by atoms with Crippen molar-refractivity contribution in [2.24, 2.45) is 0 Å². The van der Waals surface area contributed by atoms with Crippen LogP contribution in [0, 0.1) is 6.92 Å². The van der Waals surface area contributed by atoms with E-state index in [9.17, 15) is 8.78 Å². The third kappa shape index (κ3) is 4.08. The van der Waals surface area contributed by atoms with Gasteiger partial charge in [0.15, 0.2) is 0 Å². The number of para-hydroxylation sites is 1. The van der Waals surface area contributed by atoms with E-state index in [-0.39, 0.29) is 5.75 Å². The summed E-state index contributed by atoms with van der Waals surface area (Å²) in [4.78, 5) is 0. The van der Waals surface area contributed by atoms with Crippen molar-refractivity contribution in [2.45, 2.75) is 20.1 Å². The first-order chi connectivity index (χ1) is 10.1. The van der Waals surface area contributed by atoms with E-state index >= 15 is 0 Å². The second kappa shape index (κ2) is 6.92. The van der Waals surface area contributed by atoms with Gasteiger partial charge in [-0.05, 0) is 36.8 Å². The molecule has 0 amide bonds. The topological polar surface area (TPSA) is 30.5 Å². The summed E-state index contributed by atoms with van der Waals surface area (Å²) in [5.74, 6) is 0.993. The van der Waals surface area contributed by atoms with Crippen molar-refractivity contribution in [3.05, 3.63) is 53.6 Å². The quantitative estimate of drug-likeness (QED) is 0.865. The number of rotatable bonds is 6. The Balaban J connectivity index is 2.08. The summed E-state index contributed by atoms with van der Waals surface area (Å²) in [6.07, 6.45) is 0. The fraction of sp³-hybridized carbons (Fsp3) is 0.250. The minimum atomic E-state index is -2.82. The molecule has 0 aliphatic heterocycles. The summed E-state index contributed by atoms with van der Waals surface area (Å²) in [5.41, 5.74) is 2.56. The zero-order chi connectivity index (χ0) is 15.2. The van der Waals surface area contributed by atoms with Crippen LogP contribution in [0.15, 0.2) is 42.5 Å². The molecular weight excluding hydrogens is 276 g/mol. The van der Waals surface area contributed by atoms with E-state index in [1.165, 1.54) is 6.07 Å². The van der Waals surface area contributed by atoms with Gasteiger partial charge in [0.1, 0.15) is 11.5 Å². The molecule has 0 heterocycles. The number of hydrogen-bond acceptors (Lipinski definition) is 3. The number of methoxy groups -OCH3 is 1. The van der Waals surface area contributed by atoms with Gasteiger partial charge in [-0.2, -0.15) is 8.78 Å². The predicted octanol–water partition coefficient (Wildman–Crippen LogP) is 4.22. The van der Waals surface area contributed by atoms with Gasteiger partial charge in [0.05, 0.1) is 7.11 Å². The fourth-order valence-electron chi connectivity index (χ4n) is 2.05. The van der Waals surface area contributed by atoms with Crippen LogP contribution in [0.2, 0.25) is 0 Å². The minimum Gasteiger partial charge on any atom is -0.496 e. The number of anilines is 1. The van der Waals surface area contributed by atoms with Crippen LogP contribution in [-0.2, 0) is 6.54 Å². The zero-order valence-electron chi connectivity index (χ0n) is 11.9. The number of alkyl halides is 2. The molecule has 21 heavy (non-hydrogen) atoms. The average Bonchev–Trinajstić information content (AvgIpc) is 2.46. The number of nitrogens with one attached hydrogen (secondary N) is 1. The minimum absolute atomic E-state index is 0.185. The number of halogens is 2. The third-order valence-corrected chi connectivity index (χ3v) is 3.07. The lowest BCUT2D eigenvalue weighted by Gasteiger charge is -2.13. The van der Waals surface area contributed by atoms with E-state index in [2.05, 4.69) is 10.1 Å². The molecule has 0 aliphatic rings. The van der Waals surface area contributed by atoms with Gasteiger partial charge in [0.25, 0.3) is 0 Å². The molecule has 0 unspecified atom stereocenters. The van der Waals surface area contributed by atoms with E-state index in [1.54, 1.807) is 25.3 Å². The van der Waals surface area contributed by atoms with Crippen LogP contribution >= 0.6 is 0 Å². The molecule has 5 heteroatoms. The van der Waals surface area contributed by atoms with E-state index in [0.29, 0.717) is 12.1 Å². The molecule has 0 radical (unpaired) electrons. The third-order valence-electron chi connectivity index (χ3n) is 3.07. The van der Waals surface area contributed by atoms with Crippen molar-refractivity contribution in [2.75, 3.05) is 12.4 Å². The Kier molecular flexibility index (Phi) is 4.98. The molecule has 0 atom stereocenters. The average molecular weight is 293 g/mol. The number of benzene rings is 2. The van der Waals surface area contributed by atoms with Crippen LogP contribution in [0.5, 0.6) is 11.5 Å². The Labute approximate surface area is 122 Å². The number of aryl methyl sites for hydroxylation is 1. The largest absolute Gasteiger partial charge is 0.496 e. The van der Waals surface area contributed by atoms with Crippen LogP contribution in [0.4, 0.5) is 14.5 Å². The summed E-state index contributed by atoms with van der Waals surface area (Å²) in [7, 11) is 1.62. The van der Waals surface area contributed by atoms with Gasteiger partial charge in [-0.3, -0.25) is 0 Å². The highest BCUT2D eigenvalue weighted by atomic mass is 19.3. The molecular formula is C16H17F2NO2. The molecule has 2 rings (SSSR count). The summed E-state index contributed by atoms with van der Waals surface area (Å²) >= 11 is 0. The standard InChI is InChI=1S/C16H17F2NO2/c1-11-9-13(7-8-14(11)20-2)19-10-12-5-3-4-6-15(12)21-16(17)18/h3-9,16,19H,10H2,1-2H3. The maximum absolute atomic E-state index is 12.3. The SMILES string of the molecule is COc1ccc(NCc2ccccc2OC(F)F)cc1C. The van der Waals surface area contributed by atoms with E-state index < -0.39 is 6.61 Å². The lowest BCUT2D eigenvalue weighted by atomic mass is 10.1. The number of hydrogen-bond donors (Lipinski definition) is 1. The first kappa shape index (κ1) is 15.1. The molecule has 0 aliphatic carbocycles. The Morgan fingerprint density at radius 3 is 2.52 bits per heavy atom. The van der Waals surface area contributed by atoms with Gasteiger partial charge < -0.3 is 14.8 Å². The van der Waals surface area contributed by atoms with E-state index in [4.69, 9.17) is 4.74 Å². The maximum Gasteiger partial charge on any atom is 0.387 e. The monoisotopic (exact) mass is 293 g/mol. The highest BCUT2D eigenvalue weighted by Crippen LogP contribution is 2.24. The van der Waals surface area contributed by atoms with Crippen molar-refractivity contribution in [1.82, 2.24) is 0 Å². The van der Waals surface area contributed by atoms with Crippen molar-refractivity contribution in [3.63, 3.8) is 0 Å². The summed E-state index contributed by atoms with van der Waals surface area (Å²) in [6, 6.07) is 12.4. The van der Waals surface area contributed by atoms with Gasteiger partial charge in [-0.1, -0.05) is 18.2 Å². The molecule has 3 nitrogen and oxygen atoms in total. The smallest absolute Gasteiger partial charge is 0.387 e. The fourth-order valence-corrected chi connectivity index (χ4v) is 2.05. The molecule has 0 saturated carbocycles. The molecule has 2 aromatic carbocycles. The molecule has 0 saturated heterocycles. The first-order valence-electron chi connectivity index (χ1n) is 6.51. The second-order valence-electron chi connectivity index (χ2n) is 4.52. The summed E-state index contributed by atoms with van der Waals surface area (Å²) in [5, 5.41) is 3.19. The van der Waals surface area contributed by atoms with Crippen molar-refractivity contribution < 1.29 is 18.3 Å². The lowest BCUT2D eigenvalue weighted by Crippen LogP contribution is -2.07. The van der Waals surface area contributed by atoms with Gasteiger partial charge in [-0.25, -0.2) is 0 Å². The normalized spacial score (nSPS) is 10.5. The Hall–Kier alpha value is -2.30. The van der Waals surface area contributed by atoms with Crippen LogP contribution in [-0.4, -0.2) is 13.7 Å². The molecule has 2 aromatic rings. The van der Waals surface area contributed by atoms with Gasteiger partial charge in [0.2, 0.25) is 0 Å². The van der Waals surface area contributed by atoms with Crippen LogP contribution < -0.4 is 14.8 Å². The highest BCUT2D eigenvalue weighted by molar-refractivity contribution is 5.51. The van der Waals surface area contributed by atoms with Crippen molar-refractivity contribution in [1.29, 1.82) is 0 Å². The van der Waals surface area contributed by atoms with Gasteiger partial charge >= 0.3 is 6.61 Å². The van der Waals surface area contributed by atoms with Crippen LogP contribution in [0.3, 0.4) is 0 Å². The van der Waals surface area contributed by atoms with Crippen molar-refractivity contribution >= 4 is 5.69 Å². The highest BCUT2D eigenvalue weighted by Gasteiger charge is 2.09. The van der Waals surface area contributed by atoms with E-state index in [1.807, 2.05) is 25.1 Å². The second-order valence-corrected chi connectivity index (χ2v) is 4.52. The maximum atomic E-state index is 12.3. The molecule has 112 valence electrons.